The lowest BCUT2D eigenvalue weighted by Crippen LogP contribution is -2.42. The number of hydrogen-bond donors (Lipinski definition) is 1. The molecule has 1 N–H and O–H groups in total. The molecule has 1 aromatic carbocycles. The first-order chi connectivity index (χ1) is 13.0. The molecule has 0 unspecified atom stereocenters. The van der Waals surface area contributed by atoms with Gasteiger partial charge in [0.1, 0.15) is 12.8 Å². The van der Waals surface area contributed by atoms with E-state index in [1.54, 1.807) is 0 Å². The molecule has 2 amide bonds. The topological polar surface area (TPSA) is 128 Å². The van der Waals surface area contributed by atoms with Crippen LogP contribution in [0.4, 0.5) is 11.5 Å². The summed E-state index contributed by atoms with van der Waals surface area (Å²) >= 11 is 0. The Kier molecular flexibility index (Phi) is 5.77. The van der Waals surface area contributed by atoms with Gasteiger partial charge in [-0.1, -0.05) is 11.2 Å². The molecule has 1 saturated heterocycles. The minimum atomic E-state index is -0.571. The molecule has 1 aromatic heterocycles. The van der Waals surface area contributed by atoms with Gasteiger partial charge < -0.3 is 19.5 Å². The van der Waals surface area contributed by atoms with Crippen molar-refractivity contribution < 1.29 is 23.8 Å². The number of non-ortho nitro benzene ring substituents is 1. The second kappa shape index (κ2) is 8.41. The standard InChI is InChI=1S/C17H18N4O6/c22-16(18-15-6-8-27-19-15)11-20(10-14-5-2-7-26-14)17(23)12-3-1-4-13(9-12)21(24)25/h1,3-4,6,8-9,14H,2,5,7,10-11H2,(H,18,19,22)/t14-/m0/s1. The van der Waals surface area contributed by atoms with Crippen molar-refractivity contribution in [2.24, 2.45) is 0 Å². The maximum absolute atomic E-state index is 12.9. The Bertz CT molecular complexity index is 817. The molecule has 142 valence electrons. The van der Waals surface area contributed by atoms with Crippen molar-refractivity contribution in [2.75, 3.05) is 25.0 Å². The van der Waals surface area contributed by atoms with E-state index in [0.717, 1.165) is 12.8 Å². The average Bonchev–Trinajstić information content (AvgIpc) is 3.34. The van der Waals surface area contributed by atoms with E-state index in [-0.39, 0.29) is 36.3 Å². The minimum absolute atomic E-state index is 0.136. The zero-order valence-corrected chi connectivity index (χ0v) is 14.4. The molecule has 3 rings (SSSR count). The number of carbonyl (C=O) groups excluding carboxylic acids is 2. The van der Waals surface area contributed by atoms with Crippen LogP contribution in [-0.2, 0) is 9.53 Å². The minimum Gasteiger partial charge on any atom is -0.376 e. The van der Waals surface area contributed by atoms with E-state index in [0.29, 0.717) is 6.61 Å². The molecule has 10 nitrogen and oxygen atoms in total. The number of anilines is 1. The van der Waals surface area contributed by atoms with Crippen LogP contribution in [0.3, 0.4) is 0 Å². The number of amides is 2. The van der Waals surface area contributed by atoms with Gasteiger partial charge in [0.2, 0.25) is 5.91 Å². The van der Waals surface area contributed by atoms with Crippen molar-refractivity contribution in [1.82, 2.24) is 10.1 Å². The number of ether oxygens (including phenoxy) is 1. The number of nitro groups is 1. The summed E-state index contributed by atoms with van der Waals surface area (Å²) in [5.41, 5.74) is -0.0543. The van der Waals surface area contributed by atoms with E-state index < -0.39 is 16.7 Å². The Morgan fingerprint density at radius 3 is 2.89 bits per heavy atom. The number of nitrogens with one attached hydrogen (secondary N) is 1. The summed E-state index contributed by atoms with van der Waals surface area (Å²) in [6.45, 7) is 0.580. The van der Waals surface area contributed by atoms with Crippen LogP contribution < -0.4 is 5.32 Å². The Hall–Kier alpha value is -3.27. The second-order valence-electron chi connectivity index (χ2n) is 6.06. The van der Waals surface area contributed by atoms with Crippen molar-refractivity contribution in [3.05, 3.63) is 52.3 Å². The summed E-state index contributed by atoms with van der Waals surface area (Å²) in [6.07, 6.45) is 2.80. The Balaban J connectivity index is 1.75. The highest BCUT2D eigenvalue weighted by atomic mass is 16.6. The van der Waals surface area contributed by atoms with Crippen LogP contribution in [0.2, 0.25) is 0 Å². The van der Waals surface area contributed by atoms with Gasteiger partial charge in [0.25, 0.3) is 11.6 Å². The van der Waals surface area contributed by atoms with E-state index in [4.69, 9.17) is 4.74 Å². The monoisotopic (exact) mass is 374 g/mol. The van der Waals surface area contributed by atoms with Gasteiger partial charge in [0.05, 0.1) is 11.0 Å². The molecule has 2 heterocycles. The van der Waals surface area contributed by atoms with E-state index in [9.17, 15) is 19.7 Å². The number of hydrogen-bond acceptors (Lipinski definition) is 7. The van der Waals surface area contributed by atoms with Crippen LogP contribution >= 0.6 is 0 Å². The third-order valence-corrected chi connectivity index (χ3v) is 4.08. The van der Waals surface area contributed by atoms with Crippen LogP contribution in [0.25, 0.3) is 0 Å². The summed E-state index contributed by atoms with van der Waals surface area (Å²) < 4.78 is 10.2. The predicted octanol–water partition coefficient (Wildman–Crippen LogP) is 1.84. The first-order valence-corrected chi connectivity index (χ1v) is 8.38. The molecule has 1 atom stereocenters. The molecule has 27 heavy (non-hydrogen) atoms. The fourth-order valence-electron chi connectivity index (χ4n) is 2.82. The SMILES string of the molecule is O=C(CN(C[C@@H]1CCCO1)C(=O)c1cccc([N+](=O)[O-])c1)Nc1ccon1. The Labute approximate surface area is 154 Å². The highest BCUT2D eigenvalue weighted by Gasteiger charge is 2.26. The van der Waals surface area contributed by atoms with E-state index >= 15 is 0 Å². The van der Waals surface area contributed by atoms with E-state index in [1.807, 2.05) is 0 Å². The van der Waals surface area contributed by atoms with Crippen molar-refractivity contribution in [1.29, 1.82) is 0 Å². The molecule has 0 aliphatic carbocycles. The fourth-order valence-corrected chi connectivity index (χ4v) is 2.82. The first kappa shape index (κ1) is 18.5. The fraction of sp³-hybridized carbons (Fsp3) is 0.353. The molecule has 1 fully saturated rings. The summed E-state index contributed by atoms with van der Waals surface area (Å²) in [5, 5.41) is 17.1. The van der Waals surface area contributed by atoms with Gasteiger partial charge in [0.15, 0.2) is 5.82 Å². The summed E-state index contributed by atoms with van der Waals surface area (Å²) in [5.74, 6) is -0.704. The van der Waals surface area contributed by atoms with Gasteiger partial charge in [0, 0.05) is 36.9 Å². The molecule has 0 spiro atoms. The average molecular weight is 374 g/mol. The number of rotatable bonds is 7. The molecule has 0 bridgehead atoms. The van der Waals surface area contributed by atoms with Gasteiger partial charge in [-0.3, -0.25) is 19.7 Å². The van der Waals surface area contributed by atoms with Gasteiger partial charge in [-0.05, 0) is 18.9 Å². The molecule has 10 heteroatoms. The largest absolute Gasteiger partial charge is 0.376 e. The molecule has 1 aliphatic heterocycles. The predicted molar refractivity (Wildman–Crippen MR) is 93.1 cm³/mol. The number of nitro benzene ring substituents is 1. The Morgan fingerprint density at radius 2 is 2.22 bits per heavy atom. The van der Waals surface area contributed by atoms with Crippen LogP contribution in [0.1, 0.15) is 23.2 Å². The summed E-state index contributed by atoms with van der Waals surface area (Å²) in [4.78, 5) is 36.9. The molecule has 0 radical (unpaired) electrons. The van der Waals surface area contributed by atoms with Crippen molar-refractivity contribution in [2.45, 2.75) is 18.9 Å². The second-order valence-corrected chi connectivity index (χ2v) is 6.06. The third-order valence-electron chi connectivity index (χ3n) is 4.08. The molecule has 2 aromatic rings. The zero-order chi connectivity index (χ0) is 19.2. The van der Waals surface area contributed by atoms with Crippen LogP contribution in [0, 0.1) is 10.1 Å². The zero-order valence-electron chi connectivity index (χ0n) is 14.4. The number of aromatic nitrogens is 1. The van der Waals surface area contributed by atoms with Crippen molar-refractivity contribution in [3.8, 4) is 0 Å². The van der Waals surface area contributed by atoms with Gasteiger partial charge >= 0.3 is 0 Å². The molecule has 1 aliphatic rings. The summed E-state index contributed by atoms with van der Waals surface area (Å²) in [6, 6.07) is 6.89. The van der Waals surface area contributed by atoms with E-state index in [1.165, 1.54) is 41.5 Å². The lowest BCUT2D eigenvalue weighted by atomic mass is 10.1. The van der Waals surface area contributed by atoms with Crippen molar-refractivity contribution in [3.63, 3.8) is 0 Å². The van der Waals surface area contributed by atoms with Gasteiger partial charge in [-0.15, -0.1) is 0 Å². The highest BCUT2D eigenvalue weighted by molar-refractivity contribution is 5.99. The lowest BCUT2D eigenvalue weighted by Gasteiger charge is -2.24. The van der Waals surface area contributed by atoms with Crippen LogP contribution in [0.15, 0.2) is 41.1 Å². The summed E-state index contributed by atoms with van der Waals surface area (Å²) in [7, 11) is 0. The van der Waals surface area contributed by atoms with Crippen LogP contribution in [-0.4, -0.2) is 52.6 Å². The van der Waals surface area contributed by atoms with E-state index in [2.05, 4.69) is 15.0 Å². The maximum atomic E-state index is 12.9. The highest BCUT2D eigenvalue weighted by Crippen LogP contribution is 2.18. The molecular formula is C17H18N4O6. The number of nitrogens with zero attached hydrogens (tertiary/aromatic N) is 3. The van der Waals surface area contributed by atoms with Gasteiger partial charge in [-0.2, -0.15) is 0 Å². The quantitative estimate of drug-likeness (QED) is 0.578. The normalized spacial score (nSPS) is 16.1. The number of carbonyl (C=O) groups is 2. The van der Waals surface area contributed by atoms with Gasteiger partial charge in [-0.25, -0.2) is 0 Å². The lowest BCUT2D eigenvalue weighted by molar-refractivity contribution is -0.384. The van der Waals surface area contributed by atoms with Crippen molar-refractivity contribution >= 4 is 23.3 Å². The smallest absolute Gasteiger partial charge is 0.270 e. The number of benzene rings is 1. The third kappa shape index (κ3) is 4.88. The molecule has 0 saturated carbocycles. The first-order valence-electron chi connectivity index (χ1n) is 8.38. The Morgan fingerprint density at radius 1 is 1.37 bits per heavy atom. The van der Waals surface area contributed by atoms with Crippen LogP contribution in [0.5, 0.6) is 0 Å². The maximum Gasteiger partial charge on any atom is 0.270 e. The molecular weight excluding hydrogens is 356 g/mol.